The maximum atomic E-state index is 9.89. The lowest BCUT2D eigenvalue weighted by molar-refractivity contribution is 0.101. The van der Waals surface area contributed by atoms with Crippen LogP contribution in [0.5, 0.6) is 5.75 Å². The zero-order valence-corrected chi connectivity index (χ0v) is 13.5. The molecule has 2 unspecified atom stereocenters. The van der Waals surface area contributed by atoms with Crippen LogP contribution in [0.25, 0.3) is 0 Å². The highest BCUT2D eigenvalue weighted by atomic mass is 79.9. The van der Waals surface area contributed by atoms with Gasteiger partial charge < -0.3 is 15.2 Å². The van der Waals surface area contributed by atoms with Crippen LogP contribution in [0.15, 0.2) is 28.7 Å². The molecule has 0 saturated heterocycles. The molecule has 0 aromatic heterocycles. The van der Waals surface area contributed by atoms with Crippen molar-refractivity contribution in [3.8, 4) is 5.75 Å². The number of benzene rings is 1. The second-order valence-corrected chi connectivity index (χ2v) is 6.00. The Morgan fingerprint density at radius 3 is 2.42 bits per heavy atom. The average Bonchev–Trinajstić information content (AvgIpc) is 2.38. The summed E-state index contributed by atoms with van der Waals surface area (Å²) in [7, 11) is 0. The molecule has 0 saturated carbocycles. The summed E-state index contributed by atoms with van der Waals surface area (Å²) in [5.74, 6) is 1.35. The van der Waals surface area contributed by atoms with Crippen LogP contribution in [0.1, 0.15) is 27.2 Å². The maximum absolute atomic E-state index is 9.89. The summed E-state index contributed by atoms with van der Waals surface area (Å²) in [5.41, 5.74) is 0. The van der Waals surface area contributed by atoms with E-state index >= 15 is 0 Å². The third-order valence-electron chi connectivity index (χ3n) is 3.12. The predicted molar refractivity (Wildman–Crippen MR) is 82.6 cm³/mol. The minimum absolute atomic E-state index is 0.309. The fraction of sp³-hybridized carbons (Fsp3) is 0.600. The molecule has 0 fully saturated rings. The number of halogens is 1. The highest BCUT2D eigenvalue weighted by Gasteiger charge is 2.12. The molecule has 0 spiro atoms. The first kappa shape index (κ1) is 16.5. The van der Waals surface area contributed by atoms with Gasteiger partial charge in [-0.25, -0.2) is 0 Å². The summed E-state index contributed by atoms with van der Waals surface area (Å²) in [4.78, 5) is 0. The molecule has 0 aliphatic carbocycles. The van der Waals surface area contributed by atoms with Crippen LogP contribution >= 0.6 is 15.9 Å². The largest absolute Gasteiger partial charge is 0.491 e. The average molecular weight is 330 g/mol. The van der Waals surface area contributed by atoms with Crippen molar-refractivity contribution in [1.82, 2.24) is 5.32 Å². The number of aliphatic hydroxyl groups is 1. The van der Waals surface area contributed by atoms with Crippen LogP contribution in [-0.4, -0.2) is 30.4 Å². The zero-order chi connectivity index (χ0) is 14.3. The summed E-state index contributed by atoms with van der Waals surface area (Å²) in [6.45, 7) is 7.40. The van der Waals surface area contributed by atoms with E-state index in [0.29, 0.717) is 25.1 Å². The molecule has 0 amide bonds. The van der Waals surface area contributed by atoms with Gasteiger partial charge in [0, 0.05) is 17.1 Å². The van der Waals surface area contributed by atoms with Crippen LogP contribution in [-0.2, 0) is 0 Å². The Kier molecular flexibility index (Phi) is 7.42. The Morgan fingerprint density at radius 2 is 1.89 bits per heavy atom. The van der Waals surface area contributed by atoms with E-state index in [1.807, 2.05) is 24.3 Å². The van der Waals surface area contributed by atoms with Gasteiger partial charge in [-0.15, -0.1) is 0 Å². The third-order valence-corrected chi connectivity index (χ3v) is 3.64. The lowest BCUT2D eigenvalue weighted by atomic mass is 10.0. The van der Waals surface area contributed by atoms with Crippen molar-refractivity contribution < 1.29 is 9.84 Å². The zero-order valence-electron chi connectivity index (χ0n) is 11.9. The highest BCUT2D eigenvalue weighted by molar-refractivity contribution is 9.10. The molecule has 1 rings (SSSR count). The quantitative estimate of drug-likeness (QED) is 0.769. The molecule has 0 radical (unpaired) electrons. The van der Waals surface area contributed by atoms with Crippen molar-refractivity contribution in [3.63, 3.8) is 0 Å². The van der Waals surface area contributed by atoms with Crippen molar-refractivity contribution in [3.05, 3.63) is 28.7 Å². The van der Waals surface area contributed by atoms with Gasteiger partial charge in [-0.05, 0) is 36.6 Å². The van der Waals surface area contributed by atoms with E-state index in [9.17, 15) is 5.11 Å². The SMILES string of the molecule is CCC(NCC(O)COc1ccc(Br)cc1)C(C)C. The summed E-state index contributed by atoms with van der Waals surface area (Å²) in [6.07, 6.45) is 0.578. The topological polar surface area (TPSA) is 41.5 Å². The van der Waals surface area contributed by atoms with Crippen molar-refractivity contribution in [1.29, 1.82) is 0 Å². The van der Waals surface area contributed by atoms with Gasteiger partial charge in [-0.1, -0.05) is 36.7 Å². The van der Waals surface area contributed by atoms with Gasteiger partial charge in [0.25, 0.3) is 0 Å². The number of rotatable bonds is 8. The standard InChI is InChI=1S/C15H24BrNO2/c1-4-15(11(2)3)17-9-13(18)10-19-14-7-5-12(16)6-8-14/h5-8,11,13,15,17-18H,4,9-10H2,1-3H3. The molecule has 1 aromatic carbocycles. The number of nitrogens with one attached hydrogen (secondary N) is 1. The fourth-order valence-electron chi connectivity index (χ4n) is 1.92. The minimum Gasteiger partial charge on any atom is -0.491 e. The summed E-state index contributed by atoms with van der Waals surface area (Å²) in [5, 5.41) is 13.3. The van der Waals surface area contributed by atoms with Crippen molar-refractivity contribution in [2.24, 2.45) is 5.92 Å². The lowest BCUT2D eigenvalue weighted by Gasteiger charge is -2.22. The highest BCUT2D eigenvalue weighted by Crippen LogP contribution is 2.16. The third kappa shape index (κ3) is 6.41. The Balaban J connectivity index is 2.27. The van der Waals surface area contributed by atoms with Gasteiger partial charge >= 0.3 is 0 Å². The van der Waals surface area contributed by atoms with Crippen LogP contribution in [0, 0.1) is 5.92 Å². The van der Waals surface area contributed by atoms with E-state index in [0.717, 1.165) is 16.6 Å². The molecule has 0 aliphatic heterocycles. The van der Waals surface area contributed by atoms with Gasteiger partial charge in [-0.2, -0.15) is 0 Å². The van der Waals surface area contributed by atoms with Gasteiger partial charge in [0.1, 0.15) is 18.5 Å². The number of hydrogen-bond acceptors (Lipinski definition) is 3. The summed E-state index contributed by atoms with van der Waals surface area (Å²) >= 11 is 3.37. The molecule has 108 valence electrons. The van der Waals surface area contributed by atoms with Crippen LogP contribution in [0.4, 0.5) is 0 Å². The minimum atomic E-state index is -0.489. The fourth-order valence-corrected chi connectivity index (χ4v) is 2.19. The first-order chi connectivity index (χ1) is 9.02. The molecule has 0 heterocycles. The molecule has 0 aliphatic rings. The smallest absolute Gasteiger partial charge is 0.119 e. The Bertz CT molecular complexity index is 354. The Labute approximate surface area is 124 Å². The van der Waals surface area contributed by atoms with E-state index in [2.05, 4.69) is 42.0 Å². The molecule has 1 aromatic rings. The Hall–Kier alpha value is -0.580. The van der Waals surface area contributed by atoms with E-state index in [1.54, 1.807) is 0 Å². The second kappa shape index (κ2) is 8.56. The van der Waals surface area contributed by atoms with Crippen molar-refractivity contribution in [2.75, 3.05) is 13.2 Å². The van der Waals surface area contributed by atoms with Crippen molar-refractivity contribution in [2.45, 2.75) is 39.3 Å². The van der Waals surface area contributed by atoms with Gasteiger partial charge in [0.05, 0.1) is 0 Å². The van der Waals surface area contributed by atoms with Gasteiger partial charge in [0.2, 0.25) is 0 Å². The molecular formula is C15H24BrNO2. The number of ether oxygens (including phenoxy) is 1. The number of hydrogen-bond donors (Lipinski definition) is 2. The molecule has 19 heavy (non-hydrogen) atoms. The number of aliphatic hydroxyl groups excluding tert-OH is 1. The van der Waals surface area contributed by atoms with Gasteiger partial charge in [0.15, 0.2) is 0 Å². The Morgan fingerprint density at radius 1 is 1.26 bits per heavy atom. The predicted octanol–water partition coefficient (Wildman–Crippen LogP) is 3.21. The van der Waals surface area contributed by atoms with E-state index < -0.39 is 6.10 Å². The second-order valence-electron chi connectivity index (χ2n) is 5.09. The molecular weight excluding hydrogens is 306 g/mol. The van der Waals surface area contributed by atoms with E-state index in [-0.39, 0.29) is 0 Å². The van der Waals surface area contributed by atoms with Crippen molar-refractivity contribution >= 4 is 15.9 Å². The lowest BCUT2D eigenvalue weighted by Crippen LogP contribution is -2.40. The maximum Gasteiger partial charge on any atom is 0.119 e. The molecule has 4 heteroatoms. The summed E-state index contributed by atoms with van der Waals surface area (Å²) < 4.78 is 6.56. The van der Waals surface area contributed by atoms with Gasteiger partial charge in [-0.3, -0.25) is 0 Å². The van der Waals surface area contributed by atoms with E-state index in [4.69, 9.17) is 4.74 Å². The monoisotopic (exact) mass is 329 g/mol. The molecule has 2 atom stereocenters. The van der Waals surface area contributed by atoms with Crippen LogP contribution in [0.2, 0.25) is 0 Å². The van der Waals surface area contributed by atoms with E-state index in [1.165, 1.54) is 0 Å². The van der Waals surface area contributed by atoms with Crippen LogP contribution < -0.4 is 10.1 Å². The molecule has 3 nitrogen and oxygen atoms in total. The van der Waals surface area contributed by atoms with Crippen LogP contribution in [0.3, 0.4) is 0 Å². The summed E-state index contributed by atoms with van der Waals surface area (Å²) in [6, 6.07) is 8.06. The first-order valence-corrected chi connectivity index (χ1v) is 7.62. The molecule has 2 N–H and O–H groups in total. The molecule has 0 bridgehead atoms. The normalized spacial score (nSPS) is 14.4. The first-order valence-electron chi connectivity index (χ1n) is 6.82.